The first-order chi connectivity index (χ1) is 12.2. The molecule has 2 N–H and O–H groups in total. The molecule has 0 saturated carbocycles. The van der Waals surface area contributed by atoms with Gasteiger partial charge in [-0.3, -0.25) is 4.99 Å². The van der Waals surface area contributed by atoms with Crippen LogP contribution in [0.2, 0.25) is 0 Å². The Morgan fingerprint density at radius 1 is 1.27 bits per heavy atom. The van der Waals surface area contributed by atoms with Crippen molar-refractivity contribution < 1.29 is 4.39 Å². The van der Waals surface area contributed by atoms with Gasteiger partial charge in [0.25, 0.3) is 0 Å². The fraction of sp³-hybridized carbons (Fsp3) is 0.412. The Bertz CT molecular complexity index is 690. The third-order valence-electron chi connectivity index (χ3n) is 4.02. The number of halogens is 2. The number of rotatable bonds is 6. The van der Waals surface area contributed by atoms with Gasteiger partial charge >= 0.3 is 0 Å². The third-order valence-corrected chi connectivity index (χ3v) is 5.84. The van der Waals surface area contributed by atoms with E-state index in [0.717, 1.165) is 42.6 Å². The molecular formula is C17H23FIN5S2. The molecule has 1 fully saturated rings. The molecule has 142 valence electrons. The summed E-state index contributed by atoms with van der Waals surface area (Å²) in [6, 6.07) is 6.89. The van der Waals surface area contributed by atoms with E-state index in [4.69, 9.17) is 5.73 Å². The molecule has 0 spiro atoms. The second-order valence-corrected chi connectivity index (χ2v) is 7.65. The second-order valence-electron chi connectivity index (χ2n) is 5.67. The van der Waals surface area contributed by atoms with Gasteiger partial charge in [-0.1, -0.05) is 18.2 Å². The van der Waals surface area contributed by atoms with Crippen LogP contribution in [0.15, 0.2) is 40.8 Å². The first kappa shape index (κ1) is 21.2. The van der Waals surface area contributed by atoms with Crippen molar-refractivity contribution in [3.05, 3.63) is 47.2 Å². The maximum Gasteiger partial charge on any atom is 0.191 e. The van der Waals surface area contributed by atoms with E-state index in [0.29, 0.717) is 18.3 Å². The van der Waals surface area contributed by atoms with E-state index in [9.17, 15) is 4.39 Å². The normalized spacial score (nSPS) is 15.0. The summed E-state index contributed by atoms with van der Waals surface area (Å²) in [4.78, 5) is 13.2. The smallest absolute Gasteiger partial charge is 0.191 e. The van der Waals surface area contributed by atoms with Gasteiger partial charge in [0, 0.05) is 49.3 Å². The van der Waals surface area contributed by atoms with Gasteiger partial charge in [0.2, 0.25) is 0 Å². The zero-order valence-electron chi connectivity index (χ0n) is 14.4. The summed E-state index contributed by atoms with van der Waals surface area (Å²) < 4.78 is 13.5. The Hall–Kier alpha value is -1.07. The summed E-state index contributed by atoms with van der Waals surface area (Å²) in [5, 5.41) is 3.07. The monoisotopic (exact) mass is 507 g/mol. The van der Waals surface area contributed by atoms with Crippen LogP contribution in [0.1, 0.15) is 5.56 Å². The molecule has 2 heterocycles. The Morgan fingerprint density at radius 2 is 2.04 bits per heavy atom. The number of nitrogens with two attached hydrogens (primary N) is 1. The van der Waals surface area contributed by atoms with E-state index in [1.165, 1.54) is 6.07 Å². The molecule has 1 aliphatic heterocycles. The van der Waals surface area contributed by atoms with Crippen LogP contribution in [0.4, 0.5) is 9.52 Å². The van der Waals surface area contributed by atoms with Crippen molar-refractivity contribution in [3.8, 4) is 0 Å². The summed E-state index contributed by atoms with van der Waals surface area (Å²) in [6.07, 6.45) is 1.83. The SMILES string of the molecule is I.NC(=NCCSCc1ccccc1F)N1CCN(c2nccs2)CC1. The molecule has 0 unspecified atom stereocenters. The summed E-state index contributed by atoms with van der Waals surface area (Å²) in [5.74, 6) is 1.95. The number of nitrogens with zero attached hydrogens (tertiary/aromatic N) is 4. The Labute approximate surface area is 178 Å². The van der Waals surface area contributed by atoms with Gasteiger partial charge in [-0.05, 0) is 11.6 Å². The van der Waals surface area contributed by atoms with Gasteiger partial charge in [0.1, 0.15) is 5.82 Å². The lowest BCUT2D eigenvalue weighted by atomic mass is 10.2. The topological polar surface area (TPSA) is 57.8 Å². The number of anilines is 1. The summed E-state index contributed by atoms with van der Waals surface area (Å²) in [5.41, 5.74) is 6.84. The number of thiazole rings is 1. The summed E-state index contributed by atoms with van der Waals surface area (Å²) in [7, 11) is 0. The predicted molar refractivity (Wildman–Crippen MR) is 120 cm³/mol. The van der Waals surface area contributed by atoms with Crippen molar-refractivity contribution in [1.82, 2.24) is 9.88 Å². The van der Waals surface area contributed by atoms with E-state index in [1.807, 2.05) is 23.7 Å². The van der Waals surface area contributed by atoms with E-state index in [1.54, 1.807) is 29.2 Å². The van der Waals surface area contributed by atoms with Crippen molar-refractivity contribution in [1.29, 1.82) is 0 Å². The molecule has 1 aromatic carbocycles. The van der Waals surface area contributed by atoms with Crippen molar-refractivity contribution in [2.45, 2.75) is 5.75 Å². The molecule has 0 radical (unpaired) electrons. The van der Waals surface area contributed by atoms with Crippen LogP contribution >= 0.6 is 47.1 Å². The maximum atomic E-state index is 13.5. The lowest BCUT2D eigenvalue weighted by Crippen LogP contribution is -2.51. The first-order valence-electron chi connectivity index (χ1n) is 8.24. The summed E-state index contributed by atoms with van der Waals surface area (Å²) in [6.45, 7) is 4.18. The molecule has 1 saturated heterocycles. The van der Waals surface area contributed by atoms with Crippen LogP contribution in [0.3, 0.4) is 0 Å². The van der Waals surface area contributed by atoms with Gasteiger partial charge in [-0.15, -0.1) is 35.3 Å². The minimum absolute atomic E-state index is 0. The number of hydrogen-bond acceptors (Lipinski definition) is 5. The van der Waals surface area contributed by atoms with Gasteiger partial charge in [-0.2, -0.15) is 11.8 Å². The third kappa shape index (κ3) is 5.98. The van der Waals surface area contributed by atoms with E-state index < -0.39 is 0 Å². The molecule has 26 heavy (non-hydrogen) atoms. The van der Waals surface area contributed by atoms with Crippen molar-refractivity contribution in [2.24, 2.45) is 10.7 Å². The first-order valence-corrected chi connectivity index (χ1v) is 10.3. The molecule has 0 atom stereocenters. The van der Waals surface area contributed by atoms with Crippen LogP contribution in [0.5, 0.6) is 0 Å². The number of aliphatic imine (C=N–C) groups is 1. The largest absolute Gasteiger partial charge is 0.370 e. The molecular weight excluding hydrogens is 484 g/mol. The molecule has 1 aliphatic rings. The zero-order valence-corrected chi connectivity index (χ0v) is 18.3. The molecule has 0 bridgehead atoms. The van der Waals surface area contributed by atoms with Gasteiger partial charge < -0.3 is 15.5 Å². The van der Waals surface area contributed by atoms with Crippen molar-refractivity contribution >= 4 is 58.2 Å². The van der Waals surface area contributed by atoms with Gasteiger partial charge in [-0.25, -0.2) is 9.37 Å². The Morgan fingerprint density at radius 3 is 2.73 bits per heavy atom. The lowest BCUT2D eigenvalue weighted by molar-refractivity contribution is 0.381. The highest BCUT2D eigenvalue weighted by atomic mass is 127. The summed E-state index contributed by atoms with van der Waals surface area (Å²) >= 11 is 3.33. The second kappa shape index (κ2) is 10.9. The van der Waals surface area contributed by atoms with E-state index >= 15 is 0 Å². The van der Waals surface area contributed by atoms with Crippen LogP contribution in [-0.2, 0) is 5.75 Å². The van der Waals surface area contributed by atoms with Crippen LogP contribution in [0.25, 0.3) is 0 Å². The van der Waals surface area contributed by atoms with Crippen LogP contribution < -0.4 is 10.6 Å². The van der Waals surface area contributed by atoms with E-state index in [-0.39, 0.29) is 29.8 Å². The molecule has 3 rings (SSSR count). The molecule has 2 aromatic rings. The minimum Gasteiger partial charge on any atom is -0.370 e. The fourth-order valence-corrected chi connectivity index (χ4v) is 4.14. The standard InChI is InChI=1S/C17H22FN5S2.HI/c18-15-4-2-1-3-14(15)13-24-11-5-20-16(19)22-7-9-23(10-8-22)17-21-6-12-25-17;/h1-4,6,12H,5,7-11,13H2,(H2,19,20);1H. The van der Waals surface area contributed by atoms with Crippen molar-refractivity contribution in [2.75, 3.05) is 43.4 Å². The predicted octanol–water partition coefficient (Wildman–Crippen LogP) is 3.27. The fourth-order valence-electron chi connectivity index (χ4n) is 2.62. The van der Waals surface area contributed by atoms with Crippen LogP contribution in [0, 0.1) is 5.82 Å². The number of piperazine rings is 1. The number of hydrogen-bond donors (Lipinski definition) is 1. The van der Waals surface area contributed by atoms with Gasteiger partial charge in [0.05, 0.1) is 6.54 Å². The highest BCUT2D eigenvalue weighted by molar-refractivity contribution is 14.0. The Kier molecular flexibility index (Phi) is 8.93. The zero-order chi connectivity index (χ0) is 17.5. The molecule has 0 amide bonds. The van der Waals surface area contributed by atoms with E-state index in [2.05, 4.69) is 19.8 Å². The van der Waals surface area contributed by atoms with Gasteiger partial charge in [0.15, 0.2) is 11.1 Å². The maximum absolute atomic E-state index is 13.5. The molecule has 0 aliphatic carbocycles. The number of aromatic nitrogens is 1. The Balaban J connectivity index is 0.00000243. The minimum atomic E-state index is -0.142. The average molecular weight is 507 g/mol. The molecule has 9 heteroatoms. The quantitative estimate of drug-likeness (QED) is 0.282. The molecule has 5 nitrogen and oxygen atoms in total. The average Bonchev–Trinajstić information content (AvgIpc) is 3.17. The number of benzene rings is 1. The number of guanidine groups is 1. The van der Waals surface area contributed by atoms with Crippen LogP contribution in [-0.4, -0.2) is 54.3 Å². The lowest BCUT2D eigenvalue weighted by Gasteiger charge is -2.35. The number of thioether (sulfide) groups is 1. The molecule has 1 aromatic heterocycles. The van der Waals surface area contributed by atoms with Crippen molar-refractivity contribution in [3.63, 3.8) is 0 Å². The highest BCUT2D eigenvalue weighted by Crippen LogP contribution is 2.19. The highest BCUT2D eigenvalue weighted by Gasteiger charge is 2.19.